The van der Waals surface area contributed by atoms with E-state index in [1.807, 2.05) is 23.9 Å². The fourth-order valence-corrected chi connectivity index (χ4v) is 2.82. The number of carbonyl (C=O) groups is 1. The summed E-state index contributed by atoms with van der Waals surface area (Å²) in [4.78, 5) is 22.9. The minimum absolute atomic E-state index is 0.00228. The molecule has 23 heavy (non-hydrogen) atoms. The molecule has 2 atom stereocenters. The van der Waals surface area contributed by atoms with E-state index >= 15 is 0 Å². The predicted molar refractivity (Wildman–Crippen MR) is 84.2 cm³/mol. The molecule has 0 aliphatic carbocycles. The summed E-state index contributed by atoms with van der Waals surface area (Å²) < 4.78 is 12.7. The molecule has 7 heteroatoms. The third-order valence-electron chi connectivity index (χ3n) is 4.17. The molecule has 0 radical (unpaired) electrons. The van der Waals surface area contributed by atoms with Gasteiger partial charge in [0.15, 0.2) is 0 Å². The van der Waals surface area contributed by atoms with Crippen LogP contribution < -0.4 is 9.64 Å². The molecule has 122 valence electrons. The zero-order valence-electron chi connectivity index (χ0n) is 13.5. The number of hydrogen-bond acceptors (Lipinski definition) is 5. The van der Waals surface area contributed by atoms with Crippen LogP contribution in [0.15, 0.2) is 30.7 Å². The minimum atomic E-state index is -0.309. The summed E-state index contributed by atoms with van der Waals surface area (Å²) >= 11 is 0. The number of aryl methyl sites for hydroxylation is 1. The summed E-state index contributed by atoms with van der Waals surface area (Å²) in [7, 11) is 5.21. The molecule has 2 aromatic rings. The summed E-state index contributed by atoms with van der Waals surface area (Å²) in [6, 6.07) is 3.55. The first-order valence-corrected chi connectivity index (χ1v) is 7.48. The molecule has 7 nitrogen and oxygen atoms in total. The molecule has 0 N–H and O–H groups in total. The van der Waals surface area contributed by atoms with Crippen molar-refractivity contribution >= 4 is 11.6 Å². The number of ether oxygens (including phenoxy) is 2. The fourth-order valence-electron chi connectivity index (χ4n) is 2.82. The van der Waals surface area contributed by atoms with E-state index in [1.165, 1.54) is 0 Å². The van der Waals surface area contributed by atoms with Crippen molar-refractivity contribution in [1.29, 1.82) is 0 Å². The molecule has 1 saturated heterocycles. The van der Waals surface area contributed by atoms with E-state index in [2.05, 4.69) is 9.97 Å². The highest BCUT2D eigenvalue weighted by atomic mass is 16.5. The van der Waals surface area contributed by atoms with Gasteiger partial charge in [-0.3, -0.25) is 4.79 Å². The van der Waals surface area contributed by atoms with Crippen LogP contribution in [0.3, 0.4) is 0 Å². The summed E-state index contributed by atoms with van der Waals surface area (Å²) in [5.41, 5.74) is 0.723. The highest BCUT2D eigenvalue weighted by Gasteiger charge is 2.39. The SMILES string of the molecule is COc1ccc(N(C)C(=O)[C@@H]2CCO[C@H]2c2nccn2C)cn1. The second kappa shape index (κ2) is 6.37. The van der Waals surface area contributed by atoms with Crippen molar-refractivity contribution in [2.24, 2.45) is 13.0 Å². The number of aromatic nitrogens is 3. The highest BCUT2D eigenvalue weighted by molar-refractivity contribution is 5.95. The van der Waals surface area contributed by atoms with Crippen molar-refractivity contribution in [2.45, 2.75) is 12.5 Å². The molecule has 3 rings (SSSR count). The van der Waals surface area contributed by atoms with Crippen LogP contribution in [0.1, 0.15) is 18.3 Å². The maximum absolute atomic E-state index is 12.9. The molecule has 0 saturated carbocycles. The number of pyridine rings is 1. The smallest absolute Gasteiger partial charge is 0.233 e. The molecule has 1 amide bonds. The number of amides is 1. The quantitative estimate of drug-likeness (QED) is 0.856. The van der Waals surface area contributed by atoms with E-state index in [0.717, 1.165) is 11.5 Å². The Labute approximate surface area is 134 Å². The van der Waals surface area contributed by atoms with Crippen LogP contribution in [0.2, 0.25) is 0 Å². The number of carbonyl (C=O) groups excluding carboxylic acids is 1. The Hall–Kier alpha value is -2.41. The first-order valence-electron chi connectivity index (χ1n) is 7.48. The lowest BCUT2D eigenvalue weighted by Gasteiger charge is -2.24. The topological polar surface area (TPSA) is 69.5 Å². The van der Waals surface area contributed by atoms with Crippen LogP contribution in [-0.4, -0.2) is 41.2 Å². The Morgan fingerprint density at radius 1 is 1.43 bits per heavy atom. The molecule has 1 fully saturated rings. The van der Waals surface area contributed by atoms with Crippen molar-refractivity contribution in [3.8, 4) is 5.88 Å². The van der Waals surface area contributed by atoms with E-state index in [-0.39, 0.29) is 17.9 Å². The number of rotatable bonds is 4. The number of methoxy groups -OCH3 is 1. The van der Waals surface area contributed by atoms with Crippen molar-refractivity contribution < 1.29 is 14.3 Å². The first kappa shape index (κ1) is 15.5. The second-order valence-electron chi connectivity index (χ2n) is 5.54. The van der Waals surface area contributed by atoms with Crippen LogP contribution in [0.25, 0.3) is 0 Å². The first-order chi connectivity index (χ1) is 11.1. The standard InChI is InChI=1S/C16H20N4O3/c1-19-8-7-17-15(19)14-12(6-9-23-14)16(21)20(2)11-4-5-13(22-3)18-10-11/h4-5,7-8,10,12,14H,6,9H2,1-3H3/t12-,14-/m1/s1. The molecule has 1 aliphatic rings. The summed E-state index contributed by atoms with van der Waals surface area (Å²) in [5, 5.41) is 0. The van der Waals surface area contributed by atoms with Gasteiger partial charge in [0.2, 0.25) is 11.8 Å². The van der Waals surface area contributed by atoms with E-state index < -0.39 is 0 Å². The third kappa shape index (κ3) is 2.92. The highest BCUT2D eigenvalue weighted by Crippen LogP contribution is 2.35. The maximum atomic E-state index is 12.9. The van der Waals surface area contributed by atoms with Gasteiger partial charge in [-0.1, -0.05) is 0 Å². The molecular weight excluding hydrogens is 296 g/mol. The van der Waals surface area contributed by atoms with Crippen LogP contribution in [-0.2, 0) is 16.6 Å². The average Bonchev–Trinajstić information content (AvgIpc) is 3.21. The van der Waals surface area contributed by atoms with Crippen LogP contribution >= 0.6 is 0 Å². The van der Waals surface area contributed by atoms with Gasteiger partial charge in [-0.05, 0) is 12.5 Å². The van der Waals surface area contributed by atoms with E-state index in [0.29, 0.717) is 18.9 Å². The number of imidazole rings is 1. The summed E-state index contributed by atoms with van der Waals surface area (Å²) in [5.74, 6) is 1.05. The molecule has 0 aromatic carbocycles. The maximum Gasteiger partial charge on any atom is 0.233 e. The van der Waals surface area contributed by atoms with E-state index in [1.54, 1.807) is 37.5 Å². The summed E-state index contributed by atoms with van der Waals surface area (Å²) in [6.07, 6.45) is 5.58. The lowest BCUT2D eigenvalue weighted by molar-refractivity contribution is -0.124. The molecule has 3 heterocycles. The van der Waals surface area contributed by atoms with Gasteiger partial charge in [0.1, 0.15) is 11.9 Å². The van der Waals surface area contributed by atoms with Crippen LogP contribution in [0, 0.1) is 5.92 Å². The second-order valence-corrected chi connectivity index (χ2v) is 5.54. The normalized spacial score (nSPS) is 20.5. The monoisotopic (exact) mass is 316 g/mol. The molecule has 0 unspecified atom stereocenters. The molecule has 0 bridgehead atoms. The van der Waals surface area contributed by atoms with Gasteiger partial charge in [0.25, 0.3) is 0 Å². The van der Waals surface area contributed by atoms with Gasteiger partial charge >= 0.3 is 0 Å². The zero-order chi connectivity index (χ0) is 16.4. The van der Waals surface area contributed by atoms with E-state index in [4.69, 9.17) is 9.47 Å². The van der Waals surface area contributed by atoms with Gasteiger partial charge in [0.05, 0.1) is 24.9 Å². The van der Waals surface area contributed by atoms with Crippen LogP contribution in [0.4, 0.5) is 5.69 Å². The fraction of sp³-hybridized carbons (Fsp3) is 0.438. The number of nitrogens with zero attached hydrogens (tertiary/aromatic N) is 4. The molecule has 1 aliphatic heterocycles. The Bertz CT molecular complexity index is 683. The Morgan fingerprint density at radius 2 is 2.26 bits per heavy atom. The lowest BCUT2D eigenvalue weighted by Crippen LogP contribution is -2.35. The zero-order valence-corrected chi connectivity index (χ0v) is 13.5. The van der Waals surface area contributed by atoms with Crippen molar-refractivity contribution in [3.05, 3.63) is 36.5 Å². The number of hydrogen-bond donors (Lipinski definition) is 0. The Balaban J connectivity index is 1.79. The van der Waals surface area contributed by atoms with Gasteiger partial charge in [0, 0.05) is 39.2 Å². The predicted octanol–water partition coefficient (Wildman–Crippen LogP) is 1.56. The van der Waals surface area contributed by atoms with Gasteiger partial charge in [-0.2, -0.15) is 0 Å². The lowest BCUT2D eigenvalue weighted by atomic mass is 9.99. The average molecular weight is 316 g/mol. The van der Waals surface area contributed by atoms with Gasteiger partial charge in [-0.15, -0.1) is 0 Å². The van der Waals surface area contributed by atoms with Crippen molar-refractivity contribution in [3.63, 3.8) is 0 Å². The molecule has 0 spiro atoms. The minimum Gasteiger partial charge on any atom is -0.481 e. The summed E-state index contributed by atoms with van der Waals surface area (Å²) in [6.45, 7) is 0.558. The Kier molecular flexibility index (Phi) is 4.29. The molecule has 2 aromatic heterocycles. The third-order valence-corrected chi connectivity index (χ3v) is 4.17. The van der Waals surface area contributed by atoms with Crippen molar-refractivity contribution in [1.82, 2.24) is 14.5 Å². The Morgan fingerprint density at radius 3 is 2.87 bits per heavy atom. The van der Waals surface area contributed by atoms with Gasteiger partial charge in [-0.25, -0.2) is 9.97 Å². The number of anilines is 1. The van der Waals surface area contributed by atoms with Gasteiger partial charge < -0.3 is 18.9 Å². The van der Waals surface area contributed by atoms with Crippen LogP contribution in [0.5, 0.6) is 5.88 Å². The van der Waals surface area contributed by atoms with Crippen molar-refractivity contribution in [2.75, 3.05) is 25.7 Å². The largest absolute Gasteiger partial charge is 0.481 e. The van der Waals surface area contributed by atoms with E-state index in [9.17, 15) is 4.79 Å². The molecular formula is C16H20N4O3.